The Kier molecular flexibility index (Phi) is 10.5. The number of aliphatic carboxylic acids is 1. The van der Waals surface area contributed by atoms with Gasteiger partial charge in [-0.15, -0.1) is 9.35 Å². The van der Waals surface area contributed by atoms with Crippen molar-refractivity contribution in [1.29, 1.82) is 0 Å². The highest BCUT2D eigenvalue weighted by Crippen LogP contribution is 2.53. The highest BCUT2D eigenvalue weighted by Gasteiger charge is 2.42. The molecule has 0 spiro atoms. The van der Waals surface area contributed by atoms with Crippen LogP contribution in [0.4, 0.5) is 4.79 Å². The Morgan fingerprint density at radius 2 is 1.49 bits per heavy atom. The minimum atomic E-state index is -3.90. The first kappa shape index (κ1) is 32.4. The predicted octanol–water partition coefficient (Wildman–Crippen LogP) is 6.23. The number of carboxylic acid groups (broad SMARTS) is 1. The quantitative estimate of drug-likeness (QED) is 0.172. The molecule has 2 amide bonds. The Hall–Kier alpha value is -3.08. The number of carboxylic acids is 1. The number of carbonyl (C=O) groups is 3. The Labute approximate surface area is 240 Å². The molecule has 1 aliphatic heterocycles. The van der Waals surface area contributed by atoms with Crippen LogP contribution in [0.5, 0.6) is 0 Å². The zero-order valence-corrected chi connectivity index (χ0v) is 25.1. The average Bonchev–Trinajstić information content (AvgIpc) is 3.27. The fraction of sp³-hybridized carbons (Fsp3) is 0.483. The fourth-order valence-electron chi connectivity index (χ4n) is 3.93. The average molecular weight is 592 g/mol. The van der Waals surface area contributed by atoms with Gasteiger partial charge in [0.05, 0.1) is 29.7 Å². The van der Waals surface area contributed by atoms with E-state index in [1.165, 1.54) is 0 Å². The van der Waals surface area contributed by atoms with E-state index in [0.717, 1.165) is 4.90 Å². The first-order chi connectivity index (χ1) is 19.1. The Balaban J connectivity index is 1.77. The number of hydrogen-bond donors (Lipinski definition) is 1. The number of nitrogens with zero attached hydrogens (tertiary/aromatic N) is 1. The third-order valence-electron chi connectivity index (χ3n) is 5.75. The molecule has 2 aromatic carbocycles. The van der Waals surface area contributed by atoms with E-state index >= 15 is 0 Å². The summed E-state index contributed by atoms with van der Waals surface area (Å²) in [6.07, 6.45) is -1.39. The minimum absolute atomic E-state index is 0.00880. The summed E-state index contributed by atoms with van der Waals surface area (Å²) in [4.78, 5) is 49.2. The Morgan fingerprint density at radius 1 is 0.951 bits per heavy atom. The lowest BCUT2D eigenvalue weighted by Crippen LogP contribution is -2.40. The highest BCUT2D eigenvalue weighted by molar-refractivity contribution is 7.52. The first-order valence-corrected chi connectivity index (χ1v) is 15.0. The van der Waals surface area contributed by atoms with E-state index in [2.05, 4.69) is 0 Å². The van der Waals surface area contributed by atoms with E-state index in [9.17, 15) is 24.1 Å². The normalized spacial score (nSPS) is 16.9. The van der Waals surface area contributed by atoms with Gasteiger partial charge in [-0.05, 0) is 64.7 Å². The molecule has 1 saturated heterocycles. The Morgan fingerprint density at radius 3 is 2.00 bits per heavy atom. The number of cyclic esters (lactones) is 1. The molecule has 1 fully saturated rings. The molecule has 224 valence electrons. The number of hydrogen-bond acceptors (Lipinski definition) is 9. The number of rotatable bonds is 12. The van der Waals surface area contributed by atoms with Gasteiger partial charge in [-0.1, -0.05) is 54.6 Å². The highest BCUT2D eigenvalue weighted by atomic mass is 31.2. The summed E-state index contributed by atoms with van der Waals surface area (Å²) in [5, 5.41) is 9.52. The standard InChI is InChI=1S/C29H38NO10P/c1-28(2,3)37-39-41(35,40-38-29(4,5)6)19-21-14-12-20(13-15-21)16-23(17-25(31)32)26(33)30-24(18-36-27(30)34)22-10-8-7-9-11-22/h7-15,23-24H,16-19H2,1-6H3,(H,31,32)/t23-,24-/m1/s1. The lowest BCUT2D eigenvalue weighted by molar-refractivity contribution is -0.326. The largest absolute Gasteiger partial charge is 0.481 e. The van der Waals surface area contributed by atoms with Crippen LogP contribution < -0.4 is 0 Å². The monoisotopic (exact) mass is 591 g/mol. The van der Waals surface area contributed by atoms with E-state index in [1.54, 1.807) is 90.1 Å². The molecule has 0 aromatic heterocycles. The molecule has 2 aromatic rings. The molecular formula is C29H38NO10P. The molecule has 3 rings (SSSR count). The zero-order chi connectivity index (χ0) is 30.4. The van der Waals surface area contributed by atoms with Gasteiger partial charge in [0.25, 0.3) is 0 Å². The lowest BCUT2D eigenvalue weighted by atomic mass is 9.93. The van der Waals surface area contributed by atoms with Crippen molar-refractivity contribution < 1.29 is 47.9 Å². The second-order valence-electron chi connectivity index (χ2n) is 11.8. The van der Waals surface area contributed by atoms with Gasteiger partial charge in [-0.2, -0.15) is 0 Å². The molecule has 41 heavy (non-hydrogen) atoms. The predicted molar refractivity (Wildman–Crippen MR) is 148 cm³/mol. The summed E-state index contributed by atoms with van der Waals surface area (Å²) in [7, 11) is -3.90. The van der Waals surface area contributed by atoms with Crippen LogP contribution in [0, 0.1) is 5.92 Å². The minimum Gasteiger partial charge on any atom is -0.481 e. The number of ether oxygens (including phenoxy) is 1. The summed E-state index contributed by atoms with van der Waals surface area (Å²) < 4.78 is 29.0. The molecule has 1 heterocycles. The van der Waals surface area contributed by atoms with E-state index in [-0.39, 0.29) is 19.2 Å². The van der Waals surface area contributed by atoms with Crippen molar-refractivity contribution >= 4 is 25.6 Å². The van der Waals surface area contributed by atoms with Crippen LogP contribution in [0.25, 0.3) is 0 Å². The molecule has 11 nitrogen and oxygen atoms in total. The topological polar surface area (TPSA) is 138 Å². The van der Waals surface area contributed by atoms with Crippen LogP contribution in [-0.2, 0) is 50.6 Å². The summed E-state index contributed by atoms with van der Waals surface area (Å²) in [6.45, 7) is 10.4. The maximum atomic E-state index is 13.5. The van der Waals surface area contributed by atoms with Gasteiger partial charge in [-0.25, -0.2) is 19.5 Å². The summed E-state index contributed by atoms with van der Waals surface area (Å²) >= 11 is 0. The molecular weight excluding hydrogens is 553 g/mol. The summed E-state index contributed by atoms with van der Waals surface area (Å²) in [6, 6.07) is 15.0. The molecule has 0 saturated carbocycles. The molecule has 0 aliphatic carbocycles. The zero-order valence-electron chi connectivity index (χ0n) is 24.2. The van der Waals surface area contributed by atoms with E-state index < -0.39 is 55.1 Å². The number of amides is 2. The molecule has 0 radical (unpaired) electrons. The van der Waals surface area contributed by atoms with Crippen molar-refractivity contribution in [3.05, 3.63) is 71.3 Å². The van der Waals surface area contributed by atoms with Crippen LogP contribution in [0.3, 0.4) is 0 Å². The maximum absolute atomic E-state index is 13.5. The van der Waals surface area contributed by atoms with Gasteiger partial charge in [0, 0.05) is 0 Å². The van der Waals surface area contributed by atoms with Crippen molar-refractivity contribution in [2.45, 2.75) is 77.8 Å². The van der Waals surface area contributed by atoms with E-state index in [0.29, 0.717) is 16.7 Å². The lowest BCUT2D eigenvalue weighted by Gasteiger charge is -2.25. The van der Waals surface area contributed by atoms with E-state index in [4.69, 9.17) is 23.9 Å². The van der Waals surface area contributed by atoms with Crippen LogP contribution in [0.1, 0.15) is 70.7 Å². The first-order valence-electron chi connectivity index (χ1n) is 13.2. The molecule has 12 heteroatoms. The van der Waals surface area contributed by atoms with E-state index in [1.807, 2.05) is 6.07 Å². The molecule has 0 bridgehead atoms. The van der Waals surface area contributed by atoms with Crippen molar-refractivity contribution in [3.8, 4) is 0 Å². The van der Waals surface area contributed by atoms with Crippen LogP contribution in [0.15, 0.2) is 54.6 Å². The third-order valence-corrected chi connectivity index (χ3v) is 7.10. The van der Waals surface area contributed by atoms with Crippen molar-refractivity contribution in [2.75, 3.05) is 6.61 Å². The van der Waals surface area contributed by atoms with Gasteiger partial charge in [0.1, 0.15) is 12.6 Å². The van der Waals surface area contributed by atoms with Gasteiger partial charge in [-0.3, -0.25) is 14.2 Å². The van der Waals surface area contributed by atoms with Gasteiger partial charge in [0.15, 0.2) is 0 Å². The number of imide groups is 1. The summed E-state index contributed by atoms with van der Waals surface area (Å²) in [5.74, 6) is -2.82. The molecule has 1 N–H and O–H groups in total. The number of benzene rings is 2. The van der Waals surface area contributed by atoms with Crippen molar-refractivity contribution in [2.24, 2.45) is 5.92 Å². The third kappa shape index (κ3) is 10.1. The summed E-state index contributed by atoms with van der Waals surface area (Å²) in [5.41, 5.74) is 0.422. The van der Waals surface area contributed by atoms with Crippen LogP contribution >= 0.6 is 7.60 Å². The smallest absolute Gasteiger partial charge is 0.417 e. The van der Waals surface area contributed by atoms with Gasteiger partial charge >= 0.3 is 19.7 Å². The Bertz CT molecular complexity index is 1230. The van der Waals surface area contributed by atoms with Crippen LogP contribution in [-0.4, -0.2) is 45.8 Å². The number of carbonyl (C=O) groups excluding carboxylic acids is 2. The van der Waals surface area contributed by atoms with Gasteiger partial charge < -0.3 is 9.84 Å². The molecule has 0 unspecified atom stereocenters. The van der Waals surface area contributed by atoms with Gasteiger partial charge in [0.2, 0.25) is 5.91 Å². The second-order valence-corrected chi connectivity index (χ2v) is 13.7. The van der Waals surface area contributed by atoms with Crippen molar-refractivity contribution in [1.82, 2.24) is 4.90 Å². The second kappa shape index (κ2) is 13.3. The van der Waals surface area contributed by atoms with Crippen molar-refractivity contribution in [3.63, 3.8) is 0 Å². The fourth-order valence-corrected chi connectivity index (χ4v) is 5.39. The maximum Gasteiger partial charge on any atom is 0.417 e. The van der Waals surface area contributed by atoms with Crippen LogP contribution in [0.2, 0.25) is 0 Å². The molecule has 2 atom stereocenters. The SMILES string of the molecule is CC(C)(C)OOP(=O)(Cc1ccc(C[C@H](CC(=O)O)C(=O)N2C(=O)OC[C@@H]2c2ccccc2)cc1)OOC(C)(C)C. The molecule has 1 aliphatic rings.